The third-order valence-electron chi connectivity index (χ3n) is 2.56. The largest absolute Gasteiger partial charge is 0.324 e. The Morgan fingerprint density at radius 1 is 1.50 bits per heavy atom. The fraction of sp³-hybridized carbons (Fsp3) is 0.300. The van der Waals surface area contributed by atoms with E-state index < -0.39 is 10.5 Å². The SMILES string of the molecule is NC1(C(=O)Nc2cccc([N+](=O)[O-])c2)CC1. The van der Waals surface area contributed by atoms with Crippen molar-refractivity contribution in [2.24, 2.45) is 5.73 Å². The highest BCUT2D eigenvalue weighted by Crippen LogP contribution is 2.33. The Labute approximate surface area is 91.6 Å². The summed E-state index contributed by atoms with van der Waals surface area (Å²) in [6.07, 6.45) is 1.32. The molecule has 0 aromatic heterocycles. The number of benzene rings is 1. The number of nitrogens with zero attached hydrogens (tertiary/aromatic N) is 1. The van der Waals surface area contributed by atoms with E-state index in [-0.39, 0.29) is 11.6 Å². The maximum atomic E-state index is 11.6. The summed E-state index contributed by atoms with van der Waals surface area (Å²) >= 11 is 0. The summed E-state index contributed by atoms with van der Waals surface area (Å²) in [6.45, 7) is 0. The second-order valence-electron chi connectivity index (χ2n) is 3.92. The third kappa shape index (κ3) is 2.01. The molecular weight excluding hydrogens is 210 g/mol. The molecule has 0 spiro atoms. The number of hydrogen-bond donors (Lipinski definition) is 2. The molecule has 0 bridgehead atoms. The van der Waals surface area contributed by atoms with E-state index in [9.17, 15) is 14.9 Å². The van der Waals surface area contributed by atoms with Crippen LogP contribution >= 0.6 is 0 Å². The molecule has 0 atom stereocenters. The highest BCUT2D eigenvalue weighted by atomic mass is 16.6. The number of carbonyl (C=O) groups is 1. The van der Waals surface area contributed by atoms with Crippen molar-refractivity contribution in [3.8, 4) is 0 Å². The lowest BCUT2D eigenvalue weighted by molar-refractivity contribution is -0.384. The summed E-state index contributed by atoms with van der Waals surface area (Å²) in [5, 5.41) is 13.1. The topological polar surface area (TPSA) is 98.3 Å². The molecule has 6 heteroatoms. The molecule has 1 aliphatic carbocycles. The number of hydrogen-bond acceptors (Lipinski definition) is 4. The van der Waals surface area contributed by atoms with Gasteiger partial charge in [0.15, 0.2) is 0 Å². The summed E-state index contributed by atoms with van der Waals surface area (Å²) in [7, 11) is 0. The highest BCUT2D eigenvalue weighted by Gasteiger charge is 2.45. The minimum absolute atomic E-state index is 0.0559. The van der Waals surface area contributed by atoms with E-state index in [2.05, 4.69) is 5.32 Å². The number of nitro benzene ring substituents is 1. The lowest BCUT2D eigenvalue weighted by Gasteiger charge is -2.09. The van der Waals surface area contributed by atoms with Crippen LogP contribution in [0.2, 0.25) is 0 Å². The summed E-state index contributed by atoms with van der Waals surface area (Å²) in [5.41, 5.74) is 5.26. The highest BCUT2D eigenvalue weighted by molar-refractivity contribution is 6.00. The van der Waals surface area contributed by atoms with E-state index in [1.165, 1.54) is 18.2 Å². The molecule has 1 aromatic rings. The quantitative estimate of drug-likeness (QED) is 0.588. The zero-order valence-electron chi connectivity index (χ0n) is 8.47. The van der Waals surface area contributed by atoms with Crippen LogP contribution in [-0.4, -0.2) is 16.4 Å². The van der Waals surface area contributed by atoms with Crippen LogP contribution in [0.1, 0.15) is 12.8 Å². The first kappa shape index (κ1) is 10.6. The Morgan fingerprint density at radius 2 is 2.19 bits per heavy atom. The van der Waals surface area contributed by atoms with E-state index in [4.69, 9.17) is 5.73 Å². The van der Waals surface area contributed by atoms with Gasteiger partial charge in [0.05, 0.1) is 10.5 Å². The average Bonchev–Trinajstić information content (AvgIpc) is 2.98. The van der Waals surface area contributed by atoms with Crippen LogP contribution in [0, 0.1) is 10.1 Å². The molecule has 16 heavy (non-hydrogen) atoms. The zero-order chi connectivity index (χ0) is 11.8. The van der Waals surface area contributed by atoms with Gasteiger partial charge in [-0.05, 0) is 18.9 Å². The molecule has 2 rings (SSSR count). The predicted molar refractivity (Wildman–Crippen MR) is 57.9 cm³/mol. The van der Waals surface area contributed by atoms with Crippen LogP contribution in [0.4, 0.5) is 11.4 Å². The summed E-state index contributed by atoms with van der Waals surface area (Å²) in [5.74, 6) is -0.284. The Hall–Kier alpha value is -1.95. The lowest BCUT2D eigenvalue weighted by atomic mass is 10.2. The molecular formula is C10H11N3O3. The Bertz CT molecular complexity index is 454. The number of amides is 1. The smallest absolute Gasteiger partial charge is 0.271 e. The second kappa shape index (κ2) is 3.57. The van der Waals surface area contributed by atoms with Crippen molar-refractivity contribution in [2.75, 3.05) is 5.32 Å². The van der Waals surface area contributed by atoms with Gasteiger partial charge in [-0.1, -0.05) is 6.07 Å². The van der Waals surface area contributed by atoms with Gasteiger partial charge in [0.25, 0.3) is 5.69 Å². The van der Waals surface area contributed by atoms with Crippen molar-refractivity contribution in [1.82, 2.24) is 0 Å². The van der Waals surface area contributed by atoms with Crippen LogP contribution in [0.25, 0.3) is 0 Å². The van der Waals surface area contributed by atoms with Gasteiger partial charge >= 0.3 is 0 Å². The standard InChI is InChI=1S/C10H11N3O3/c11-10(4-5-10)9(14)12-7-2-1-3-8(6-7)13(15)16/h1-3,6H,4-5,11H2,(H,12,14). The molecule has 0 saturated heterocycles. The van der Waals surface area contributed by atoms with Crippen LogP contribution in [0.5, 0.6) is 0 Å². The molecule has 1 aliphatic rings. The van der Waals surface area contributed by atoms with Crippen LogP contribution in [0.15, 0.2) is 24.3 Å². The third-order valence-corrected chi connectivity index (χ3v) is 2.56. The van der Waals surface area contributed by atoms with Gasteiger partial charge in [-0.25, -0.2) is 0 Å². The minimum Gasteiger partial charge on any atom is -0.324 e. The number of nitrogens with one attached hydrogen (secondary N) is 1. The molecule has 6 nitrogen and oxygen atoms in total. The monoisotopic (exact) mass is 221 g/mol. The predicted octanol–water partition coefficient (Wildman–Crippen LogP) is 1.02. The number of nitro groups is 1. The maximum absolute atomic E-state index is 11.6. The first-order chi connectivity index (χ1) is 7.51. The van der Waals surface area contributed by atoms with Gasteiger partial charge in [0.1, 0.15) is 0 Å². The molecule has 3 N–H and O–H groups in total. The van der Waals surface area contributed by atoms with E-state index >= 15 is 0 Å². The summed E-state index contributed by atoms with van der Waals surface area (Å²) in [4.78, 5) is 21.6. The number of carbonyl (C=O) groups excluding carboxylic acids is 1. The Morgan fingerprint density at radius 3 is 2.75 bits per heavy atom. The van der Waals surface area contributed by atoms with Crippen molar-refractivity contribution in [3.05, 3.63) is 34.4 Å². The first-order valence-electron chi connectivity index (χ1n) is 4.86. The van der Waals surface area contributed by atoms with E-state index in [0.29, 0.717) is 18.5 Å². The fourth-order valence-electron chi connectivity index (χ4n) is 1.31. The lowest BCUT2D eigenvalue weighted by Crippen LogP contribution is -2.37. The molecule has 0 aliphatic heterocycles. The van der Waals surface area contributed by atoms with Gasteiger partial charge in [-0.2, -0.15) is 0 Å². The number of non-ortho nitro benzene ring substituents is 1. The zero-order valence-corrected chi connectivity index (χ0v) is 8.47. The normalized spacial score (nSPS) is 16.6. The van der Waals surface area contributed by atoms with Crippen molar-refractivity contribution >= 4 is 17.3 Å². The van der Waals surface area contributed by atoms with E-state index in [0.717, 1.165) is 0 Å². The first-order valence-corrected chi connectivity index (χ1v) is 4.86. The van der Waals surface area contributed by atoms with Gasteiger partial charge < -0.3 is 11.1 Å². The van der Waals surface area contributed by atoms with Crippen molar-refractivity contribution in [1.29, 1.82) is 0 Å². The van der Waals surface area contributed by atoms with E-state index in [1.54, 1.807) is 6.07 Å². The van der Waals surface area contributed by atoms with Gasteiger partial charge in [-0.3, -0.25) is 14.9 Å². The summed E-state index contributed by atoms with van der Waals surface area (Å²) < 4.78 is 0. The Kier molecular flexibility index (Phi) is 2.35. The molecule has 0 unspecified atom stereocenters. The van der Waals surface area contributed by atoms with Gasteiger partial charge in [0, 0.05) is 17.8 Å². The fourth-order valence-corrected chi connectivity index (χ4v) is 1.31. The molecule has 0 heterocycles. The molecule has 1 aromatic carbocycles. The van der Waals surface area contributed by atoms with Crippen molar-refractivity contribution in [2.45, 2.75) is 18.4 Å². The number of nitrogens with two attached hydrogens (primary N) is 1. The van der Waals surface area contributed by atoms with Crippen molar-refractivity contribution in [3.63, 3.8) is 0 Å². The maximum Gasteiger partial charge on any atom is 0.271 e. The average molecular weight is 221 g/mol. The molecule has 84 valence electrons. The molecule has 1 saturated carbocycles. The second-order valence-corrected chi connectivity index (χ2v) is 3.92. The van der Waals surface area contributed by atoms with Gasteiger partial charge in [-0.15, -0.1) is 0 Å². The van der Waals surface area contributed by atoms with Crippen LogP contribution in [0.3, 0.4) is 0 Å². The molecule has 1 fully saturated rings. The number of rotatable bonds is 3. The minimum atomic E-state index is -0.773. The number of anilines is 1. The molecule has 1 amide bonds. The van der Waals surface area contributed by atoms with Crippen LogP contribution in [-0.2, 0) is 4.79 Å². The van der Waals surface area contributed by atoms with Gasteiger partial charge in [0.2, 0.25) is 5.91 Å². The summed E-state index contributed by atoms with van der Waals surface area (Å²) in [6, 6.07) is 5.79. The molecule has 0 radical (unpaired) electrons. The van der Waals surface area contributed by atoms with E-state index in [1.807, 2.05) is 0 Å². The van der Waals surface area contributed by atoms with Crippen molar-refractivity contribution < 1.29 is 9.72 Å². The Balaban J connectivity index is 2.12. The van der Waals surface area contributed by atoms with Crippen LogP contribution < -0.4 is 11.1 Å².